The average Bonchev–Trinajstić information content (AvgIpc) is 2.73. The van der Waals surface area contributed by atoms with E-state index in [0.29, 0.717) is 0 Å². The van der Waals surface area contributed by atoms with Gasteiger partial charge in [-0.25, -0.2) is 0 Å². The molecule has 142 valence electrons. The second kappa shape index (κ2) is 10.2. The van der Waals surface area contributed by atoms with Gasteiger partial charge >= 0.3 is 17.1 Å². The number of unbranched alkanes of at least 4 members (excludes halogenated alkanes) is 1. The molecule has 0 aliphatic heterocycles. The summed E-state index contributed by atoms with van der Waals surface area (Å²) in [6.07, 6.45) is 2.02. The van der Waals surface area contributed by atoms with E-state index in [-0.39, 0.29) is 0 Å². The van der Waals surface area contributed by atoms with Crippen LogP contribution in [0, 0.1) is 0 Å². The second-order valence-corrected chi connectivity index (χ2v) is 13.1. The summed E-state index contributed by atoms with van der Waals surface area (Å²) in [6.45, 7) is 0. The highest BCUT2D eigenvalue weighted by Crippen LogP contribution is 2.21. The van der Waals surface area contributed by atoms with Crippen LogP contribution in [-0.2, 0) is 17.7 Å². The molecule has 0 aromatic heterocycles. The quantitative estimate of drug-likeness (QED) is 0.436. The van der Waals surface area contributed by atoms with Gasteiger partial charge in [0.1, 0.15) is 0 Å². The standard InChI is InChI=1S/C20H30O4Si2/c1-21-25(22-2,19-13-7-5-8-14-19)17-11-12-18-26(23-3,24-4)20-15-9-6-10-16-20/h5-10,13-16H,11-12,17-18H2,1-4H3. The Kier molecular flexibility index (Phi) is 8.21. The molecule has 0 fully saturated rings. The summed E-state index contributed by atoms with van der Waals surface area (Å²) in [5.41, 5.74) is 0. The highest BCUT2D eigenvalue weighted by molar-refractivity contribution is 6.81. The van der Waals surface area contributed by atoms with Crippen LogP contribution in [0.3, 0.4) is 0 Å². The molecule has 0 saturated heterocycles. The Labute approximate surface area is 159 Å². The maximum absolute atomic E-state index is 5.91. The summed E-state index contributed by atoms with van der Waals surface area (Å²) in [5, 5.41) is 2.35. The SMILES string of the molecule is CO[Si](CCCC[Si](OC)(OC)c1ccccc1)(OC)c1ccccc1. The molecule has 0 N–H and O–H groups in total. The smallest absolute Gasteiger partial charge is 0.371 e. The molecule has 0 saturated carbocycles. The molecule has 0 atom stereocenters. The van der Waals surface area contributed by atoms with Crippen LogP contribution in [0.1, 0.15) is 12.8 Å². The highest BCUT2D eigenvalue weighted by Gasteiger charge is 2.40. The Morgan fingerprint density at radius 3 is 1.12 bits per heavy atom. The molecule has 0 aliphatic carbocycles. The lowest BCUT2D eigenvalue weighted by atomic mass is 10.4. The van der Waals surface area contributed by atoms with E-state index in [4.69, 9.17) is 17.7 Å². The fraction of sp³-hybridized carbons (Fsp3) is 0.400. The van der Waals surface area contributed by atoms with Crippen molar-refractivity contribution in [2.75, 3.05) is 28.4 Å². The van der Waals surface area contributed by atoms with Gasteiger partial charge in [0, 0.05) is 28.4 Å². The molecule has 6 heteroatoms. The largest absolute Gasteiger partial charge is 0.394 e. The molecule has 4 nitrogen and oxygen atoms in total. The minimum atomic E-state index is -2.38. The normalized spacial score (nSPS) is 12.3. The lowest BCUT2D eigenvalue weighted by molar-refractivity contribution is 0.251. The van der Waals surface area contributed by atoms with E-state index in [1.54, 1.807) is 28.4 Å². The third kappa shape index (κ3) is 4.70. The second-order valence-electron chi connectivity index (χ2n) is 6.26. The first-order chi connectivity index (χ1) is 12.7. The maximum Gasteiger partial charge on any atom is 0.371 e. The van der Waals surface area contributed by atoms with Crippen LogP contribution in [0.4, 0.5) is 0 Å². The van der Waals surface area contributed by atoms with Gasteiger partial charge in [0.2, 0.25) is 0 Å². The Morgan fingerprint density at radius 2 is 0.846 bits per heavy atom. The lowest BCUT2D eigenvalue weighted by Gasteiger charge is -2.30. The van der Waals surface area contributed by atoms with Gasteiger partial charge < -0.3 is 17.7 Å². The molecule has 2 aromatic rings. The molecule has 0 bridgehead atoms. The molecule has 0 radical (unpaired) electrons. The molecule has 0 amide bonds. The topological polar surface area (TPSA) is 36.9 Å². The molecular formula is C20H30O4Si2. The summed E-state index contributed by atoms with van der Waals surface area (Å²) in [6, 6.07) is 22.4. The number of hydrogen-bond acceptors (Lipinski definition) is 4. The molecule has 0 spiro atoms. The minimum Gasteiger partial charge on any atom is -0.394 e. The van der Waals surface area contributed by atoms with E-state index >= 15 is 0 Å². The van der Waals surface area contributed by atoms with Gasteiger partial charge in [-0.2, -0.15) is 0 Å². The van der Waals surface area contributed by atoms with Crippen LogP contribution in [0.5, 0.6) is 0 Å². The Balaban J connectivity index is 2.03. The summed E-state index contributed by atoms with van der Waals surface area (Å²) in [7, 11) is 2.28. The van der Waals surface area contributed by atoms with Crippen molar-refractivity contribution in [3.05, 3.63) is 60.7 Å². The predicted octanol–water partition coefficient (Wildman–Crippen LogP) is 3.05. The van der Waals surface area contributed by atoms with Crippen molar-refractivity contribution in [1.82, 2.24) is 0 Å². The minimum absolute atomic E-state index is 0.913. The molecule has 0 unspecified atom stereocenters. The summed E-state index contributed by atoms with van der Waals surface area (Å²) in [5.74, 6) is 0. The van der Waals surface area contributed by atoms with Crippen molar-refractivity contribution in [3.8, 4) is 0 Å². The molecule has 26 heavy (non-hydrogen) atoms. The Morgan fingerprint density at radius 1 is 0.538 bits per heavy atom. The van der Waals surface area contributed by atoms with Gasteiger partial charge in [-0.05, 0) is 22.5 Å². The van der Waals surface area contributed by atoms with E-state index in [9.17, 15) is 0 Å². The first-order valence-electron chi connectivity index (χ1n) is 8.98. The van der Waals surface area contributed by atoms with Crippen LogP contribution < -0.4 is 10.4 Å². The van der Waals surface area contributed by atoms with E-state index in [2.05, 4.69) is 24.3 Å². The van der Waals surface area contributed by atoms with Crippen molar-refractivity contribution < 1.29 is 17.7 Å². The zero-order chi connectivity index (χ0) is 18.9. The van der Waals surface area contributed by atoms with Crippen molar-refractivity contribution >= 4 is 27.5 Å². The molecule has 2 rings (SSSR count). The maximum atomic E-state index is 5.91. The van der Waals surface area contributed by atoms with Gasteiger partial charge in [0.05, 0.1) is 0 Å². The van der Waals surface area contributed by atoms with Crippen molar-refractivity contribution in [2.24, 2.45) is 0 Å². The van der Waals surface area contributed by atoms with E-state index in [1.165, 1.54) is 10.4 Å². The van der Waals surface area contributed by atoms with E-state index < -0.39 is 17.1 Å². The first kappa shape index (κ1) is 21.0. The fourth-order valence-electron chi connectivity index (χ4n) is 3.43. The molecule has 2 aromatic carbocycles. The zero-order valence-corrected chi connectivity index (χ0v) is 18.2. The Bertz CT molecular complexity index is 571. The van der Waals surface area contributed by atoms with E-state index in [0.717, 1.165) is 24.9 Å². The molecule has 0 aliphatic rings. The number of benzene rings is 2. The van der Waals surface area contributed by atoms with Crippen LogP contribution in [-0.4, -0.2) is 45.6 Å². The van der Waals surface area contributed by atoms with Crippen LogP contribution >= 0.6 is 0 Å². The van der Waals surface area contributed by atoms with Crippen LogP contribution in [0.2, 0.25) is 12.1 Å². The Hall–Kier alpha value is -1.29. The summed E-state index contributed by atoms with van der Waals surface area (Å²) in [4.78, 5) is 0. The first-order valence-corrected chi connectivity index (χ1v) is 13.0. The third-order valence-electron chi connectivity index (χ3n) is 5.01. The van der Waals surface area contributed by atoms with Crippen LogP contribution in [0.15, 0.2) is 60.7 Å². The van der Waals surface area contributed by atoms with Gasteiger partial charge in [-0.15, -0.1) is 0 Å². The van der Waals surface area contributed by atoms with E-state index in [1.807, 2.05) is 36.4 Å². The van der Waals surface area contributed by atoms with Crippen molar-refractivity contribution in [1.29, 1.82) is 0 Å². The fourth-order valence-corrected chi connectivity index (χ4v) is 8.94. The molecular weight excluding hydrogens is 360 g/mol. The monoisotopic (exact) mass is 390 g/mol. The van der Waals surface area contributed by atoms with Gasteiger partial charge in [0.15, 0.2) is 0 Å². The highest BCUT2D eigenvalue weighted by atomic mass is 28.4. The van der Waals surface area contributed by atoms with Crippen molar-refractivity contribution in [2.45, 2.75) is 24.9 Å². The number of hydrogen-bond donors (Lipinski definition) is 0. The molecule has 0 heterocycles. The van der Waals surface area contributed by atoms with Crippen LogP contribution in [0.25, 0.3) is 0 Å². The predicted molar refractivity (Wildman–Crippen MR) is 111 cm³/mol. The number of rotatable bonds is 11. The van der Waals surface area contributed by atoms with Gasteiger partial charge in [0.25, 0.3) is 0 Å². The lowest BCUT2D eigenvalue weighted by Crippen LogP contribution is -2.53. The third-order valence-corrected chi connectivity index (χ3v) is 12.1. The zero-order valence-electron chi connectivity index (χ0n) is 16.2. The summed E-state index contributed by atoms with van der Waals surface area (Å²) < 4.78 is 23.6. The van der Waals surface area contributed by atoms with Crippen molar-refractivity contribution in [3.63, 3.8) is 0 Å². The van der Waals surface area contributed by atoms with Gasteiger partial charge in [-0.1, -0.05) is 73.5 Å². The van der Waals surface area contributed by atoms with Gasteiger partial charge in [-0.3, -0.25) is 0 Å². The average molecular weight is 391 g/mol. The summed E-state index contributed by atoms with van der Waals surface area (Å²) >= 11 is 0.